The molecule has 0 bridgehead atoms. The number of rotatable bonds is 4. The summed E-state index contributed by atoms with van der Waals surface area (Å²) in [6.45, 7) is 6.45. The van der Waals surface area contributed by atoms with E-state index in [-0.39, 0.29) is 0 Å². The molecule has 0 aliphatic rings. The fourth-order valence-electron chi connectivity index (χ4n) is 0.776. The van der Waals surface area contributed by atoms with Crippen LogP contribution in [0, 0.1) is 0 Å². The monoisotopic (exact) mass is 194 g/mol. The minimum atomic E-state index is 1.32. The fraction of sp³-hybridized carbons (Fsp3) is 0.545. The predicted octanol–water partition coefficient (Wildman–Crippen LogP) is 3.56. The Morgan fingerprint density at radius 2 is 1.46 bits per heavy atom. The summed E-state index contributed by atoms with van der Waals surface area (Å²) < 4.78 is 0. The molecule has 0 aromatic carbocycles. The molecule has 0 saturated carbocycles. The molecule has 0 radical (unpaired) electrons. The van der Waals surface area contributed by atoms with Crippen LogP contribution in [0.1, 0.15) is 26.7 Å². The van der Waals surface area contributed by atoms with E-state index in [1.54, 1.807) is 0 Å². The summed E-state index contributed by atoms with van der Waals surface area (Å²) in [4.78, 5) is 0. The van der Waals surface area contributed by atoms with Gasteiger partial charge in [-0.1, -0.05) is 13.8 Å². The molecule has 0 aliphatic carbocycles. The van der Waals surface area contributed by atoms with Crippen LogP contribution in [0.3, 0.4) is 0 Å². The SMILES string of the molecule is CCCSCCC.b1ccccc1. The third kappa shape index (κ3) is 11.8. The summed E-state index contributed by atoms with van der Waals surface area (Å²) in [5, 5.41) is 0. The van der Waals surface area contributed by atoms with Crippen LogP contribution in [0.15, 0.2) is 30.1 Å². The Hall–Kier alpha value is -0.235. The van der Waals surface area contributed by atoms with E-state index in [4.69, 9.17) is 0 Å². The molecule has 0 N–H and O–H groups in total. The van der Waals surface area contributed by atoms with E-state index in [2.05, 4.69) is 25.6 Å². The van der Waals surface area contributed by atoms with Crippen molar-refractivity contribution in [3.05, 3.63) is 30.1 Å². The molecule has 1 aromatic heterocycles. The molecule has 13 heavy (non-hydrogen) atoms. The van der Waals surface area contributed by atoms with Crippen LogP contribution in [0.25, 0.3) is 0 Å². The van der Waals surface area contributed by atoms with Crippen LogP contribution in [-0.4, -0.2) is 18.4 Å². The topological polar surface area (TPSA) is 0 Å². The average Bonchev–Trinajstić information content (AvgIpc) is 2.22. The van der Waals surface area contributed by atoms with E-state index >= 15 is 0 Å². The Morgan fingerprint density at radius 3 is 1.69 bits per heavy atom. The van der Waals surface area contributed by atoms with Crippen LogP contribution in [0.5, 0.6) is 0 Å². The van der Waals surface area contributed by atoms with Gasteiger partial charge in [-0.3, -0.25) is 0 Å². The van der Waals surface area contributed by atoms with Crippen molar-refractivity contribution in [2.24, 2.45) is 0 Å². The van der Waals surface area contributed by atoms with Crippen molar-refractivity contribution in [2.75, 3.05) is 11.5 Å². The second kappa shape index (κ2) is 11.8. The summed E-state index contributed by atoms with van der Waals surface area (Å²) in [6.07, 6.45) is 2.65. The summed E-state index contributed by atoms with van der Waals surface area (Å²) in [5.74, 6) is 6.68. The first-order valence-electron chi connectivity index (χ1n) is 4.99. The van der Waals surface area contributed by atoms with Gasteiger partial charge in [0.25, 0.3) is 0 Å². The predicted molar refractivity (Wildman–Crippen MR) is 65.7 cm³/mol. The van der Waals surface area contributed by atoms with Gasteiger partial charge in [0, 0.05) is 0 Å². The number of hydrogen-bond acceptors (Lipinski definition) is 1. The average molecular weight is 194 g/mol. The zero-order valence-corrected chi connectivity index (χ0v) is 9.52. The van der Waals surface area contributed by atoms with Crippen molar-refractivity contribution in [1.29, 1.82) is 0 Å². The molecule has 2 heteroatoms. The summed E-state index contributed by atoms with van der Waals surface area (Å²) in [7, 11) is 0. The van der Waals surface area contributed by atoms with Gasteiger partial charge in [0.1, 0.15) is 0 Å². The number of hydrogen-bond donors (Lipinski definition) is 0. The van der Waals surface area contributed by atoms with Crippen molar-refractivity contribution in [1.82, 2.24) is 0 Å². The number of thioether (sulfide) groups is 1. The molecule has 0 spiro atoms. The third-order valence-corrected chi connectivity index (χ3v) is 2.76. The van der Waals surface area contributed by atoms with Gasteiger partial charge in [-0.15, -0.1) is 0 Å². The molecular formula is C11H19BS. The Bertz CT molecular complexity index is 134. The molecule has 0 amide bonds. The first-order valence-corrected chi connectivity index (χ1v) is 6.15. The quantitative estimate of drug-likeness (QED) is 0.660. The summed E-state index contributed by atoms with van der Waals surface area (Å²) in [5.41, 5.74) is 0. The Morgan fingerprint density at radius 1 is 0.923 bits per heavy atom. The molecule has 1 heterocycles. The molecule has 0 aliphatic heterocycles. The van der Waals surface area contributed by atoms with Gasteiger partial charge in [-0.2, -0.15) is 11.8 Å². The van der Waals surface area contributed by atoms with Crippen molar-refractivity contribution in [3.63, 3.8) is 0 Å². The van der Waals surface area contributed by atoms with E-state index in [0.29, 0.717) is 0 Å². The van der Waals surface area contributed by atoms with Gasteiger partial charge in [0.2, 0.25) is 0 Å². The molecule has 0 atom stereocenters. The Labute approximate surface area is 87.3 Å². The van der Waals surface area contributed by atoms with Crippen LogP contribution in [0.4, 0.5) is 0 Å². The third-order valence-electron chi connectivity index (χ3n) is 1.36. The molecular weight excluding hydrogens is 175 g/mol. The van der Waals surface area contributed by atoms with E-state index in [1.807, 2.05) is 37.0 Å². The van der Waals surface area contributed by atoms with Crippen LogP contribution in [0.2, 0.25) is 0 Å². The van der Waals surface area contributed by atoms with Crippen LogP contribution >= 0.6 is 11.8 Å². The van der Waals surface area contributed by atoms with Crippen LogP contribution in [-0.2, 0) is 0 Å². The van der Waals surface area contributed by atoms with E-state index < -0.39 is 0 Å². The van der Waals surface area contributed by atoms with Gasteiger partial charge >= 0.3 is 37.0 Å². The molecule has 72 valence electrons. The van der Waals surface area contributed by atoms with Crippen molar-refractivity contribution in [3.8, 4) is 0 Å². The van der Waals surface area contributed by atoms with Gasteiger partial charge < -0.3 is 0 Å². The molecule has 0 unspecified atom stereocenters. The second-order valence-corrected chi connectivity index (χ2v) is 3.99. The van der Waals surface area contributed by atoms with Gasteiger partial charge in [0.15, 0.2) is 0 Å². The fourth-order valence-corrected chi connectivity index (χ4v) is 1.56. The zero-order valence-electron chi connectivity index (χ0n) is 8.70. The Balaban J connectivity index is 0.000000223. The van der Waals surface area contributed by atoms with Gasteiger partial charge in [-0.25, -0.2) is 0 Å². The first-order chi connectivity index (χ1) is 6.41. The van der Waals surface area contributed by atoms with Crippen molar-refractivity contribution < 1.29 is 0 Å². The Kier molecular flexibility index (Phi) is 11.6. The maximum absolute atomic E-state index is 2.22. The molecule has 1 aromatic rings. The normalized spacial score (nSPS) is 8.46. The standard InChI is InChI=1S/C6H14S.C5H5B/c1-3-5-7-6-4-2;1-2-4-6-5-3-1/h3-6H2,1-2H3;1-5H. The minimum absolute atomic E-state index is 1.32. The zero-order chi connectivity index (χ0) is 9.78. The van der Waals surface area contributed by atoms with Gasteiger partial charge in [0.05, 0.1) is 0 Å². The molecule has 0 saturated heterocycles. The van der Waals surface area contributed by atoms with Gasteiger partial charge in [-0.05, 0) is 24.3 Å². The van der Waals surface area contributed by atoms with E-state index in [0.717, 1.165) is 0 Å². The molecule has 0 nitrogen and oxygen atoms in total. The second-order valence-electron chi connectivity index (χ2n) is 2.77. The van der Waals surface area contributed by atoms with E-state index in [1.165, 1.54) is 24.3 Å². The van der Waals surface area contributed by atoms with E-state index in [9.17, 15) is 0 Å². The van der Waals surface area contributed by atoms with Crippen molar-refractivity contribution in [2.45, 2.75) is 26.7 Å². The van der Waals surface area contributed by atoms with Crippen molar-refractivity contribution >= 4 is 18.7 Å². The van der Waals surface area contributed by atoms with Crippen LogP contribution < -0.4 is 0 Å². The molecule has 0 fully saturated rings. The molecule has 1 rings (SSSR count). The first kappa shape index (κ1) is 12.8. The maximum atomic E-state index is 2.22. The summed E-state index contributed by atoms with van der Waals surface area (Å²) in [6, 6.07) is 6.00. The summed E-state index contributed by atoms with van der Waals surface area (Å²) >= 11 is 2.05.